The normalized spacial score (nSPS) is 21.1. The number of hydrogen-bond acceptors (Lipinski definition) is 4. The second kappa shape index (κ2) is 4.89. The molecule has 1 unspecified atom stereocenters. The number of sulfone groups is 1. The summed E-state index contributed by atoms with van der Waals surface area (Å²) in [5.74, 6) is -0.215. The van der Waals surface area contributed by atoms with Crippen molar-refractivity contribution in [1.29, 1.82) is 0 Å². The highest BCUT2D eigenvalue weighted by Gasteiger charge is 2.32. The van der Waals surface area contributed by atoms with E-state index < -0.39 is 25.9 Å². The monoisotopic (exact) mass is 315 g/mol. The Kier molecular flexibility index (Phi) is 3.68. The van der Waals surface area contributed by atoms with E-state index in [0.717, 1.165) is 22.8 Å². The van der Waals surface area contributed by atoms with Gasteiger partial charge in [-0.25, -0.2) is 16.8 Å². The quantitative estimate of drug-likeness (QED) is 0.845. The molecule has 0 aromatic heterocycles. The fraction of sp³-hybridized carbons (Fsp3) is 0.385. The Labute approximate surface area is 119 Å². The minimum absolute atomic E-state index is 0.215. The second-order valence-electron chi connectivity index (χ2n) is 5.05. The van der Waals surface area contributed by atoms with E-state index in [1.807, 2.05) is 19.9 Å². The number of aryl methyl sites for hydroxylation is 2. The molecule has 1 aliphatic heterocycles. The van der Waals surface area contributed by atoms with Crippen LogP contribution in [-0.4, -0.2) is 34.9 Å². The van der Waals surface area contributed by atoms with Gasteiger partial charge in [0.25, 0.3) is 0 Å². The molecule has 1 aromatic carbocycles. The van der Waals surface area contributed by atoms with Gasteiger partial charge in [-0.15, -0.1) is 0 Å². The van der Waals surface area contributed by atoms with Gasteiger partial charge >= 0.3 is 0 Å². The Morgan fingerprint density at radius 2 is 1.85 bits per heavy atom. The lowest BCUT2D eigenvalue weighted by Crippen LogP contribution is -2.40. The summed E-state index contributed by atoms with van der Waals surface area (Å²) in [7, 11) is -6.88. The van der Waals surface area contributed by atoms with Crippen molar-refractivity contribution in [2.45, 2.75) is 19.9 Å². The van der Waals surface area contributed by atoms with Crippen molar-refractivity contribution in [2.24, 2.45) is 0 Å². The van der Waals surface area contributed by atoms with E-state index in [9.17, 15) is 16.8 Å². The van der Waals surface area contributed by atoms with Crippen LogP contribution in [0.1, 0.15) is 11.1 Å². The summed E-state index contributed by atoms with van der Waals surface area (Å²) in [5, 5.41) is 1.08. The molecule has 1 aliphatic rings. The summed E-state index contributed by atoms with van der Waals surface area (Å²) in [6, 6.07) is 4.60. The highest BCUT2D eigenvalue weighted by Crippen LogP contribution is 2.27. The molecule has 20 heavy (non-hydrogen) atoms. The average molecular weight is 315 g/mol. The molecule has 1 heterocycles. The minimum atomic E-state index is -3.56. The molecule has 7 heteroatoms. The molecular formula is C13H17NO4S2. The van der Waals surface area contributed by atoms with Crippen LogP contribution in [0.25, 0.3) is 0 Å². The summed E-state index contributed by atoms with van der Waals surface area (Å²) < 4.78 is 48.2. The van der Waals surface area contributed by atoms with Crippen molar-refractivity contribution in [3.63, 3.8) is 0 Å². The lowest BCUT2D eigenvalue weighted by atomic mass is 10.1. The molecule has 110 valence electrons. The van der Waals surface area contributed by atoms with Crippen LogP contribution in [0.15, 0.2) is 29.7 Å². The number of hydrogen-bond donors (Lipinski definition) is 0. The van der Waals surface area contributed by atoms with Gasteiger partial charge in [-0.05, 0) is 43.2 Å². The van der Waals surface area contributed by atoms with Gasteiger partial charge in [-0.3, -0.25) is 4.31 Å². The summed E-state index contributed by atoms with van der Waals surface area (Å²) in [4.78, 5) is 0. The SMILES string of the molecule is Cc1ccc(N(C2C=CS(=O)(=O)C2)S(C)(=O)=O)cc1C. The van der Waals surface area contributed by atoms with E-state index in [0.29, 0.717) is 5.69 Å². The number of benzene rings is 1. The van der Waals surface area contributed by atoms with Crippen molar-refractivity contribution >= 4 is 25.5 Å². The third kappa shape index (κ3) is 3.04. The molecule has 0 radical (unpaired) electrons. The van der Waals surface area contributed by atoms with Gasteiger partial charge in [0.1, 0.15) is 0 Å². The van der Waals surface area contributed by atoms with E-state index in [1.54, 1.807) is 12.1 Å². The largest absolute Gasteiger partial charge is 0.263 e. The van der Waals surface area contributed by atoms with Gasteiger partial charge < -0.3 is 0 Å². The molecule has 0 amide bonds. The van der Waals surface area contributed by atoms with Crippen molar-refractivity contribution < 1.29 is 16.8 Å². The van der Waals surface area contributed by atoms with Crippen molar-refractivity contribution in [1.82, 2.24) is 0 Å². The highest BCUT2D eigenvalue weighted by atomic mass is 32.2. The van der Waals surface area contributed by atoms with Crippen molar-refractivity contribution in [3.05, 3.63) is 40.8 Å². The maximum Gasteiger partial charge on any atom is 0.232 e. The molecule has 1 aromatic rings. The molecule has 0 bridgehead atoms. The molecule has 0 N–H and O–H groups in total. The Bertz CT molecular complexity index is 764. The number of nitrogens with zero attached hydrogens (tertiary/aromatic N) is 1. The van der Waals surface area contributed by atoms with E-state index in [2.05, 4.69) is 0 Å². The highest BCUT2D eigenvalue weighted by molar-refractivity contribution is 7.95. The first-order valence-corrected chi connectivity index (χ1v) is 9.64. The number of rotatable bonds is 3. The van der Waals surface area contributed by atoms with E-state index in [-0.39, 0.29) is 5.75 Å². The molecule has 1 atom stereocenters. The van der Waals surface area contributed by atoms with Gasteiger partial charge in [-0.2, -0.15) is 0 Å². The molecule has 0 saturated carbocycles. The summed E-state index contributed by atoms with van der Waals surface area (Å²) in [6.45, 7) is 3.82. The van der Waals surface area contributed by atoms with E-state index in [4.69, 9.17) is 0 Å². The smallest absolute Gasteiger partial charge is 0.232 e. The van der Waals surface area contributed by atoms with Crippen LogP contribution in [0.4, 0.5) is 5.69 Å². The maximum atomic E-state index is 12.0. The zero-order chi connectivity index (χ0) is 15.1. The molecular weight excluding hydrogens is 298 g/mol. The molecule has 0 spiro atoms. The van der Waals surface area contributed by atoms with Crippen LogP contribution < -0.4 is 4.31 Å². The fourth-order valence-corrected chi connectivity index (χ4v) is 4.69. The van der Waals surface area contributed by atoms with Crippen LogP contribution in [0.5, 0.6) is 0 Å². The third-order valence-corrected chi connectivity index (χ3v) is 5.89. The van der Waals surface area contributed by atoms with E-state index in [1.165, 1.54) is 10.4 Å². The van der Waals surface area contributed by atoms with Gasteiger partial charge in [0, 0.05) is 5.41 Å². The van der Waals surface area contributed by atoms with Gasteiger partial charge in [0.05, 0.1) is 23.7 Å². The fourth-order valence-electron chi connectivity index (χ4n) is 2.20. The standard InChI is InChI=1S/C13H17NO4S2/c1-10-4-5-12(8-11(10)2)14(19(3,15)16)13-6-7-20(17,18)9-13/h4-8,13H,9H2,1-3H3. The Morgan fingerprint density at radius 1 is 1.20 bits per heavy atom. The van der Waals surface area contributed by atoms with Crippen LogP contribution in [0.2, 0.25) is 0 Å². The lowest BCUT2D eigenvalue weighted by Gasteiger charge is -2.27. The molecule has 5 nitrogen and oxygen atoms in total. The third-order valence-electron chi connectivity index (χ3n) is 3.31. The Hall–Kier alpha value is -1.34. The zero-order valence-electron chi connectivity index (χ0n) is 11.6. The first kappa shape index (κ1) is 15.1. The van der Waals surface area contributed by atoms with E-state index >= 15 is 0 Å². The first-order chi connectivity index (χ1) is 9.10. The van der Waals surface area contributed by atoms with Crippen LogP contribution >= 0.6 is 0 Å². The average Bonchev–Trinajstić information content (AvgIpc) is 2.62. The zero-order valence-corrected chi connectivity index (χ0v) is 13.2. The lowest BCUT2D eigenvalue weighted by molar-refractivity contribution is 0.591. The van der Waals surface area contributed by atoms with Crippen LogP contribution in [0, 0.1) is 13.8 Å². The number of anilines is 1. The van der Waals surface area contributed by atoms with Gasteiger partial charge in [0.15, 0.2) is 9.84 Å². The van der Waals surface area contributed by atoms with Gasteiger partial charge in [-0.1, -0.05) is 6.07 Å². The van der Waals surface area contributed by atoms with Crippen molar-refractivity contribution in [2.75, 3.05) is 16.3 Å². The minimum Gasteiger partial charge on any atom is -0.263 e. The maximum absolute atomic E-state index is 12.0. The Balaban J connectivity index is 2.50. The second-order valence-corrected chi connectivity index (χ2v) is 8.84. The van der Waals surface area contributed by atoms with Crippen LogP contribution in [0.3, 0.4) is 0 Å². The number of sulfonamides is 1. The van der Waals surface area contributed by atoms with Crippen LogP contribution in [-0.2, 0) is 19.9 Å². The molecule has 0 aliphatic carbocycles. The topological polar surface area (TPSA) is 71.5 Å². The molecule has 0 fully saturated rings. The van der Waals surface area contributed by atoms with Crippen molar-refractivity contribution in [3.8, 4) is 0 Å². The first-order valence-electron chi connectivity index (χ1n) is 6.08. The predicted molar refractivity (Wildman–Crippen MR) is 80.0 cm³/mol. The predicted octanol–water partition coefficient (Wildman–Crippen LogP) is 1.38. The summed E-state index contributed by atoms with van der Waals surface area (Å²) in [6.07, 6.45) is 2.51. The summed E-state index contributed by atoms with van der Waals surface area (Å²) in [5.41, 5.74) is 2.50. The summed E-state index contributed by atoms with van der Waals surface area (Å²) >= 11 is 0. The molecule has 2 rings (SSSR count). The molecule has 0 saturated heterocycles. The van der Waals surface area contributed by atoms with Gasteiger partial charge in [0.2, 0.25) is 10.0 Å². The Morgan fingerprint density at radius 3 is 2.30 bits per heavy atom.